The van der Waals surface area contributed by atoms with Crippen LogP contribution in [-0.4, -0.2) is 39.6 Å². The second-order valence-electron chi connectivity index (χ2n) is 5.65. The number of rotatable bonds is 3. The van der Waals surface area contributed by atoms with Gasteiger partial charge in [-0.2, -0.15) is 0 Å². The lowest BCUT2D eigenvalue weighted by Gasteiger charge is -2.33. The van der Waals surface area contributed by atoms with Crippen LogP contribution in [0, 0.1) is 5.92 Å². The zero-order valence-electron chi connectivity index (χ0n) is 11.0. The Kier molecular flexibility index (Phi) is 3.51. The first-order chi connectivity index (χ1) is 9.25. The van der Waals surface area contributed by atoms with Crippen LogP contribution in [0.1, 0.15) is 31.2 Å². The molecule has 1 saturated carbocycles. The number of aliphatic hydroxyl groups excluding tert-OH is 1. The van der Waals surface area contributed by atoms with Gasteiger partial charge in [0.2, 0.25) is 5.91 Å². The van der Waals surface area contributed by atoms with Gasteiger partial charge in [-0.3, -0.25) is 9.78 Å². The van der Waals surface area contributed by atoms with E-state index in [1.54, 1.807) is 6.20 Å². The number of aliphatic hydroxyl groups is 1. The van der Waals surface area contributed by atoms with Crippen molar-refractivity contribution in [3.05, 3.63) is 30.1 Å². The summed E-state index contributed by atoms with van der Waals surface area (Å²) >= 11 is 0. The van der Waals surface area contributed by atoms with Crippen LogP contribution in [0.15, 0.2) is 24.5 Å². The van der Waals surface area contributed by atoms with Crippen molar-refractivity contribution in [1.29, 1.82) is 0 Å². The van der Waals surface area contributed by atoms with Gasteiger partial charge >= 0.3 is 0 Å². The molecule has 102 valence electrons. The van der Waals surface area contributed by atoms with E-state index in [1.165, 1.54) is 6.42 Å². The smallest absolute Gasteiger partial charge is 0.226 e. The first-order valence-corrected chi connectivity index (χ1v) is 7.13. The van der Waals surface area contributed by atoms with Gasteiger partial charge in [0.05, 0.1) is 12.1 Å². The molecule has 1 N–H and O–H groups in total. The van der Waals surface area contributed by atoms with Crippen molar-refractivity contribution in [2.24, 2.45) is 5.92 Å². The third kappa shape index (κ3) is 2.50. The quantitative estimate of drug-likeness (QED) is 0.893. The molecule has 4 heteroatoms. The summed E-state index contributed by atoms with van der Waals surface area (Å²) in [6.45, 7) is 0.696. The van der Waals surface area contributed by atoms with Crippen molar-refractivity contribution < 1.29 is 9.90 Å². The Balaban J connectivity index is 1.71. The molecular formula is C15H20N2O2. The molecule has 0 radical (unpaired) electrons. The largest absolute Gasteiger partial charge is 0.391 e. The fraction of sp³-hybridized carbons (Fsp3) is 0.600. The topological polar surface area (TPSA) is 53.4 Å². The molecular weight excluding hydrogens is 240 g/mol. The van der Waals surface area contributed by atoms with Gasteiger partial charge in [0, 0.05) is 24.9 Å². The Bertz CT molecular complexity index is 445. The Hall–Kier alpha value is -1.42. The average molecular weight is 260 g/mol. The number of carbonyl (C=O) groups excluding carboxylic acids is 1. The van der Waals surface area contributed by atoms with Gasteiger partial charge in [0.1, 0.15) is 0 Å². The summed E-state index contributed by atoms with van der Waals surface area (Å²) in [5.41, 5.74) is 1.08. The molecule has 2 heterocycles. The van der Waals surface area contributed by atoms with Crippen LogP contribution in [0.2, 0.25) is 0 Å². The van der Waals surface area contributed by atoms with E-state index >= 15 is 0 Å². The van der Waals surface area contributed by atoms with E-state index in [-0.39, 0.29) is 17.9 Å². The first-order valence-electron chi connectivity index (χ1n) is 7.13. The number of hydrogen-bond acceptors (Lipinski definition) is 3. The number of carbonyl (C=O) groups is 1. The van der Waals surface area contributed by atoms with Crippen molar-refractivity contribution >= 4 is 5.91 Å². The maximum absolute atomic E-state index is 12.4. The highest BCUT2D eigenvalue weighted by Gasteiger charge is 2.39. The fourth-order valence-corrected chi connectivity index (χ4v) is 3.01. The van der Waals surface area contributed by atoms with E-state index in [4.69, 9.17) is 0 Å². The van der Waals surface area contributed by atoms with E-state index in [0.717, 1.165) is 18.4 Å². The maximum atomic E-state index is 12.4. The highest BCUT2D eigenvalue weighted by molar-refractivity contribution is 5.80. The minimum atomic E-state index is -0.399. The predicted octanol–water partition coefficient (Wildman–Crippen LogP) is 1.39. The first kappa shape index (κ1) is 12.6. The normalized spacial score (nSPS) is 27.3. The van der Waals surface area contributed by atoms with Crippen molar-refractivity contribution in [2.75, 3.05) is 6.54 Å². The molecule has 1 aliphatic carbocycles. The molecule has 0 spiro atoms. The van der Waals surface area contributed by atoms with Crippen LogP contribution < -0.4 is 0 Å². The summed E-state index contributed by atoms with van der Waals surface area (Å²) in [5.74, 6) is 0.457. The molecule has 2 atom stereocenters. The van der Waals surface area contributed by atoms with Crippen molar-refractivity contribution in [3.63, 3.8) is 0 Å². The third-order valence-electron chi connectivity index (χ3n) is 4.42. The Morgan fingerprint density at radius 1 is 1.42 bits per heavy atom. The van der Waals surface area contributed by atoms with Gasteiger partial charge in [-0.25, -0.2) is 0 Å². The molecule has 1 saturated heterocycles. The summed E-state index contributed by atoms with van der Waals surface area (Å²) in [5, 5.41) is 10.1. The maximum Gasteiger partial charge on any atom is 0.226 e. The van der Waals surface area contributed by atoms with Gasteiger partial charge in [-0.1, -0.05) is 12.5 Å². The lowest BCUT2D eigenvalue weighted by atomic mass is 9.84. The second-order valence-corrected chi connectivity index (χ2v) is 5.65. The molecule has 1 aromatic heterocycles. The zero-order valence-corrected chi connectivity index (χ0v) is 11.0. The Morgan fingerprint density at radius 3 is 2.89 bits per heavy atom. The number of aromatic nitrogens is 1. The number of nitrogens with zero attached hydrogens (tertiary/aromatic N) is 2. The molecule has 2 fully saturated rings. The average Bonchev–Trinajstić information content (AvgIpc) is 2.70. The molecule has 0 aromatic carbocycles. The van der Waals surface area contributed by atoms with Gasteiger partial charge in [0.15, 0.2) is 0 Å². The summed E-state index contributed by atoms with van der Waals surface area (Å²) in [7, 11) is 0. The molecule has 1 aromatic rings. The van der Waals surface area contributed by atoms with Crippen molar-refractivity contribution in [2.45, 2.75) is 44.2 Å². The van der Waals surface area contributed by atoms with E-state index in [2.05, 4.69) is 4.98 Å². The van der Waals surface area contributed by atoms with Crippen molar-refractivity contribution in [3.8, 4) is 0 Å². The molecule has 2 aliphatic rings. The molecule has 0 bridgehead atoms. The SMILES string of the molecule is O=C(C1CCC1)N1CC[C@@H](O)[C@@H]1Cc1cccnc1. The lowest BCUT2D eigenvalue weighted by Crippen LogP contribution is -2.45. The number of hydrogen-bond donors (Lipinski definition) is 1. The molecule has 4 nitrogen and oxygen atoms in total. The fourth-order valence-electron chi connectivity index (χ4n) is 3.01. The van der Waals surface area contributed by atoms with E-state index in [9.17, 15) is 9.90 Å². The second kappa shape index (κ2) is 5.29. The minimum absolute atomic E-state index is 0.0719. The zero-order chi connectivity index (χ0) is 13.2. The van der Waals surface area contributed by atoms with E-state index < -0.39 is 6.10 Å². The van der Waals surface area contributed by atoms with Crippen LogP contribution >= 0.6 is 0 Å². The van der Waals surface area contributed by atoms with Crippen LogP contribution in [0.5, 0.6) is 0 Å². The Morgan fingerprint density at radius 2 is 2.26 bits per heavy atom. The van der Waals surface area contributed by atoms with E-state index in [1.807, 2.05) is 23.2 Å². The molecule has 3 rings (SSSR count). The summed E-state index contributed by atoms with van der Waals surface area (Å²) in [6, 6.07) is 3.83. The number of pyridine rings is 1. The lowest BCUT2D eigenvalue weighted by molar-refractivity contribution is -0.139. The minimum Gasteiger partial charge on any atom is -0.391 e. The van der Waals surface area contributed by atoms with Crippen LogP contribution in [0.3, 0.4) is 0 Å². The van der Waals surface area contributed by atoms with Gasteiger partial charge in [-0.15, -0.1) is 0 Å². The molecule has 0 unspecified atom stereocenters. The van der Waals surface area contributed by atoms with E-state index in [0.29, 0.717) is 19.4 Å². The standard InChI is InChI=1S/C15H20N2O2/c18-14-6-8-17(15(19)12-4-1-5-12)13(14)9-11-3-2-7-16-10-11/h2-3,7,10,12-14,18H,1,4-6,8-9H2/t13-,14+/m0/s1. The summed E-state index contributed by atoms with van der Waals surface area (Å²) in [4.78, 5) is 18.4. The molecule has 19 heavy (non-hydrogen) atoms. The van der Waals surface area contributed by atoms with Gasteiger partial charge in [-0.05, 0) is 37.3 Å². The van der Waals surface area contributed by atoms with Crippen molar-refractivity contribution in [1.82, 2.24) is 9.88 Å². The number of amides is 1. The third-order valence-corrected chi connectivity index (χ3v) is 4.42. The Labute approximate surface area is 113 Å². The number of likely N-dealkylation sites (tertiary alicyclic amines) is 1. The summed E-state index contributed by atoms with van der Waals surface area (Å²) in [6.07, 6.45) is 7.76. The monoisotopic (exact) mass is 260 g/mol. The highest BCUT2D eigenvalue weighted by Crippen LogP contribution is 2.32. The predicted molar refractivity (Wildman–Crippen MR) is 71.4 cm³/mol. The van der Waals surface area contributed by atoms with Gasteiger partial charge in [0.25, 0.3) is 0 Å². The van der Waals surface area contributed by atoms with Crippen LogP contribution in [0.4, 0.5) is 0 Å². The molecule has 1 amide bonds. The van der Waals surface area contributed by atoms with Crippen LogP contribution in [-0.2, 0) is 11.2 Å². The highest BCUT2D eigenvalue weighted by atomic mass is 16.3. The van der Waals surface area contributed by atoms with Gasteiger partial charge < -0.3 is 10.0 Å². The van der Waals surface area contributed by atoms with Crippen LogP contribution in [0.25, 0.3) is 0 Å². The molecule has 1 aliphatic heterocycles. The summed E-state index contributed by atoms with van der Waals surface area (Å²) < 4.78 is 0.